The molecule has 4 rings (SSSR count). The van der Waals surface area contributed by atoms with E-state index in [0.717, 1.165) is 0 Å². The number of para-hydroxylation sites is 2. The summed E-state index contributed by atoms with van der Waals surface area (Å²) in [7, 11) is 0. The van der Waals surface area contributed by atoms with Gasteiger partial charge in [-0.3, -0.25) is 10.1 Å². The maximum absolute atomic E-state index is 12.3. The second-order valence-corrected chi connectivity index (χ2v) is 6.29. The predicted molar refractivity (Wildman–Crippen MR) is 94.0 cm³/mol. The van der Waals surface area contributed by atoms with E-state index < -0.39 is 12.0 Å². The van der Waals surface area contributed by atoms with Gasteiger partial charge < -0.3 is 13.9 Å². The lowest BCUT2D eigenvalue weighted by atomic mass is 10.2. The highest BCUT2D eigenvalue weighted by Gasteiger charge is 2.27. The zero-order chi connectivity index (χ0) is 18.1. The number of nitrogens with zero attached hydrogens (tertiary/aromatic N) is 2. The number of fused-ring (bicyclic) bond motifs is 1. The number of anilines is 1. The quantitative estimate of drug-likeness (QED) is 0.721. The zero-order valence-corrected chi connectivity index (χ0v) is 14.6. The van der Waals surface area contributed by atoms with Crippen LogP contribution in [0.15, 0.2) is 46.9 Å². The van der Waals surface area contributed by atoms with E-state index in [0.29, 0.717) is 21.5 Å². The molecule has 132 valence electrons. The van der Waals surface area contributed by atoms with E-state index in [1.54, 1.807) is 12.1 Å². The van der Waals surface area contributed by atoms with Gasteiger partial charge >= 0.3 is 6.01 Å². The van der Waals surface area contributed by atoms with Gasteiger partial charge in [0, 0.05) is 15.6 Å². The normalized spacial score (nSPS) is 15.5. The van der Waals surface area contributed by atoms with Crippen molar-refractivity contribution in [2.24, 2.45) is 0 Å². The van der Waals surface area contributed by atoms with Gasteiger partial charge in [-0.05, 0) is 30.3 Å². The Labute approximate surface area is 157 Å². The van der Waals surface area contributed by atoms with Crippen molar-refractivity contribution in [2.45, 2.75) is 6.10 Å². The third-order valence-corrected chi connectivity index (χ3v) is 4.01. The van der Waals surface area contributed by atoms with Gasteiger partial charge in [-0.2, -0.15) is 0 Å². The fourth-order valence-electron chi connectivity index (χ4n) is 2.41. The first-order valence-electron chi connectivity index (χ1n) is 7.58. The Kier molecular flexibility index (Phi) is 4.40. The van der Waals surface area contributed by atoms with Crippen LogP contribution in [-0.4, -0.2) is 22.7 Å². The van der Waals surface area contributed by atoms with Crippen LogP contribution >= 0.6 is 23.2 Å². The van der Waals surface area contributed by atoms with E-state index in [-0.39, 0.29) is 24.1 Å². The van der Waals surface area contributed by atoms with Crippen LogP contribution in [-0.2, 0) is 0 Å². The van der Waals surface area contributed by atoms with Gasteiger partial charge in [-0.15, -0.1) is 5.10 Å². The molecule has 1 N–H and O–H groups in total. The number of ether oxygens (including phenoxy) is 2. The molecule has 26 heavy (non-hydrogen) atoms. The molecule has 0 radical (unpaired) electrons. The molecule has 0 bridgehead atoms. The minimum atomic E-state index is -0.566. The standard InChI is InChI=1S/C17H11Cl2N3O4/c18-10-5-9(6-11(19)7-10)15(23)20-17-22-21-16(26-17)14-8-24-12-3-1-2-4-13(12)25-14/h1-7,14H,8H2,(H,20,22,23). The molecule has 1 aliphatic heterocycles. The lowest BCUT2D eigenvalue weighted by molar-refractivity contribution is 0.0716. The molecular formula is C17H11Cl2N3O4. The summed E-state index contributed by atoms with van der Waals surface area (Å²) in [6.45, 7) is 0.219. The molecular weight excluding hydrogens is 381 g/mol. The summed E-state index contributed by atoms with van der Waals surface area (Å²) in [5, 5.41) is 10.9. The summed E-state index contributed by atoms with van der Waals surface area (Å²) in [6, 6.07) is 11.7. The molecule has 7 nitrogen and oxygen atoms in total. The van der Waals surface area contributed by atoms with Gasteiger partial charge in [-0.1, -0.05) is 40.4 Å². The number of hydrogen-bond donors (Lipinski definition) is 1. The second-order valence-electron chi connectivity index (χ2n) is 5.42. The molecule has 1 aliphatic rings. The van der Waals surface area contributed by atoms with Crippen molar-refractivity contribution in [3.05, 3.63) is 64.0 Å². The third-order valence-electron chi connectivity index (χ3n) is 3.57. The Balaban J connectivity index is 1.47. The van der Waals surface area contributed by atoms with Crippen LogP contribution in [0.3, 0.4) is 0 Å². The maximum atomic E-state index is 12.3. The van der Waals surface area contributed by atoms with E-state index in [2.05, 4.69) is 15.5 Å². The van der Waals surface area contributed by atoms with Gasteiger partial charge in [0.25, 0.3) is 11.8 Å². The molecule has 0 saturated carbocycles. The van der Waals surface area contributed by atoms with E-state index in [1.165, 1.54) is 18.2 Å². The maximum Gasteiger partial charge on any atom is 0.322 e. The smallest absolute Gasteiger partial charge is 0.322 e. The Morgan fingerprint density at radius 1 is 1.08 bits per heavy atom. The number of amides is 1. The molecule has 2 heterocycles. The fraction of sp³-hybridized carbons (Fsp3) is 0.118. The molecule has 1 atom stereocenters. The SMILES string of the molecule is O=C(Nc1nnc(C2COc3ccccc3O2)o1)c1cc(Cl)cc(Cl)c1. The number of rotatable bonds is 3. The Morgan fingerprint density at radius 3 is 2.58 bits per heavy atom. The monoisotopic (exact) mass is 391 g/mol. The molecule has 1 unspecified atom stereocenters. The van der Waals surface area contributed by atoms with Crippen LogP contribution in [0.25, 0.3) is 0 Å². The highest BCUT2D eigenvalue weighted by Crippen LogP contribution is 2.35. The average Bonchev–Trinajstić information content (AvgIpc) is 3.09. The molecule has 1 aromatic heterocycles. The third kappa shape index (κ3) is 3.44. The molecule has 0 spiro atoms. The summed E-state index contributed by atoms with van der Waals surface area (Å²) in [5.74, 6) is 0.949. The number of halogens is 2. The van der Waals surface area contributed by atoms with Gasteiger partial charge in [-0.25, -0.2) is 0 Å². The van der Waals surface area contributed by atoms with Crippen LogP contribution in [0.2, 0.25) is 10.0 Å². The zero-order valence-electron chi connectivity index (χ0n) is 13.1. The first kappa shape index (κ1) is 16.7. The van der Waals surface area contributed by atoms with Gasteiger partial charge in [0.05, 0.1) is 0 Å². The molecule has 1 amide bonds. The van der Waals surface area contributed by atoms with Crippen molar-refractivity contribution in [1.82, 2.24) is 10.2 Å². The van der Waals surface area contributed by atoms with Crippen LogP contribution in [0.5, 0.6) is 11.5 Å². The van der Waals surface area contributed by atoms with Gasteiger partial charge in [0.15, 0.2) is 11.5 Å². The van der Waals surface area contributed by atoms with E-state index in [9.17, 15) is 4.79 Å². The van der Waals surface area contributed by atoms with Crippen LogP contribution in [0.1, 0.15) is 22.4 Å². The predicted octanol–water partition coefficient (Wildman–Crippen LogP) is 4.14. The number of aromatic nitrogens is 2. The second kappa shape index (κ2) is 6.86. The first-order valence-corrected chi connectivity index (χ1v) is 8.33. The Hall–Kier alpha value is -2.77. The first-order chi connectivity index (χ1) is 12.6. The minimum Gasteiger partial charge on any atom is -0.485 e. The average molecular weight is 392 g/mol. The molecule has 3 aromatic rings. The van der Waals surface area contributed by atoms with Crippen molar-refractivity contribution in [1.29, 1.82) is 0 Å². The minimum absolute atomic E-state index is 0.0662. The lowest BCUT2D eigenvalue weighted by Crippen LogP contribution is -2.21. The Bertz CT molecular complexity index is 956. The summed E-state index contributed by atoms with van der Waals surface area (Å²) < 4.78 is 16.9. The van der Waals surface area contributed by atoms with Crippen LogP contribution < -0.4 is 14.8 Å². The molecule has 0 saturated heterocycles. The van der Waals surface area contributed by atoms with Gasteiger partial charge in [0.2, 0.25) is 6.10 Å². The van der Waals surface area contributed by atoms with Crippen molar-refractivity contribution in [3.8, 4) is 11.5 Å². The summed E-state index contributed by atoms with van der Waals surface area (Å²) in [4.78, 5) is 12.3. The number of benzene rings is 2. The van der Waals surface area contributed by atoms with E-state index in [4.69, 9.17) is 37.1 Å². The Morgan fingerprint density at radius 2 is 1.81 bits per heavy atom. The summed E-state index contributed by atoms with van der Waals surface area (Å²) in [6.07, 6.45) is -0.566. The number of carbonyl (C=O) groups is 1. The highest BCUT2D eigenvalue weighted by atomic mass is 35.5. The fourth-order valence-corrected chi connectivity index (χ4v) is 2.94. The van der Waals surface area contributed by atoms with Crippen molar-refractivity contribution < 1.29 is 18.7 Å². The molecule has 2 aromatic carbocycles. The topological polar surface area (TPSA) is 86.5 Å². The van der Waals surface area contributed by atoms with Crippen molar-refractivity contribution >= 4 is 35.1 Å². The van der Waals surface area contributed by atoms with Crippen LogP contribution in [0, 0.1) is 0 Å². The molecule has 9 heteroatoms. The van der Waals surface area contributed by atoms with Gasteiger partial charge in [0.1, 0.15) is 6.61 Å². The van der Waals surface area contributed by atoms with E-state index in [1.807, 2.05) is 12.1 Å². The van der Waals surface area contributed by atoms with Crippen molar-refractivity contribution in [2.75, 3.05) is 11.9 Å². The number of carbonyl (C=O) groups excluding carboxylic acids is 1. The molecule has 0 fully saturated rings. The lowest BCUT2D eigenvalue weighted by Gasteiger charge is -2.23. The largest absolute Gasteiger partial charge is 0.485 e. The van der Waals surface area contributed by atoms with Crippen LogP contribution in [0.4, 0.5) is 6.01 Å². The van der Waals surface area contributed by atoms with E-state index >= 15 is 0 Å². The summed E-state index contributed by atoms with van der Waals surface area (Å²) >= 11 is 11.8. The summed E-state index contributed by atoms with van der Waals surface area (Å²) in [5.41, 5.74) is 0.272. The molecule has 0 aliphatic carbocycles. The number of hydrogen-bond acceptors (Lipinski definition) is 6. The number of nitrogens with one attached hydrogen (secondary N) is 1. The highest BCUT2D eigenvalue weighted by molar-refractivity contribution is 6.35. The van der Waals surface area contributed by atoms with Crippen molar-refractivity contribution in [3.63, 3.8) is 0 Å².